The van der Waals surface area contributed by atoms with Gasteiger partial charge in [-0.3, -0.25) is 4.68 Å². The third kappa shape index (κ3) is 2.98. The summed E-state index contributed by atoms with van der Waals surface area (Å²) >= 11 is 2.00. The lowest BCUT2D eigenvalue weighted by atomic mass is 10.2. The average Bonchev–Trinajstić information content (AvgIpc) is 2.88. The van der Waals surface area contributed by atoms with Crippen LogP contribution >= 0.6 is 11.8 Å². The number of thioether (sulfide) groups is 1. The number of hydrogen-bond donors (Lipinski definition) is 1. The van der Waals surface area contributed by atoms with E-state index in [1.165, 1.54) is 19.3 Å². The maximum Gasteiger partial charge on any atom is 0.0534 e. The summed E-state index contributed by atoms with van der Waals surface area (Å²) < 4.78 is 1.98. The topological polar surface area (TPSA) is 29.9 Å². The van der Waals surface area contributed by atoms with E-state index < -0.39 is 0 Å². The van der Waals surface area contributed by atoms with Gasteiger partial charge < -0.3 is 5.32 Å². The van der Waals surface area contributed by atoms with Gasteiger partial charge in [0.25, 0.3) is 0 Å². The Hall–Kier alpha value is -0.480. The van der Waals surface area contributed by atoms with Crippen LogP contribution in [-0.2, 0) is 6.54 Å². The van der Waals surface area contributed by atoms with Crippen LogP contribution < -0.4 is 5.32 Å². The smallest absolute Gasteiger partial charge is 0.0534 e. The lowest BCUT2D eigenvalue weighted by Crippen LogP contribution is -2.36. The lowest BCUT2D eigenvalue weighted by Gasteiger charge is -2.19. The summed E-state index contributed by atoms with van der Waals surface area (Å²) in [7, 11) is 0. The van der Waals surface area contributed by atoms with E-state index in [0.717, 1.165) is 24.4 Å². The fourth-order valence-electron chi connectivity index (χ4n) is 2.24. The minimum Gasteiger partial charge on any atom is -0.311 e. The van der Waals surface area contributed by atoms with Gasteiger partial charge in [-0.15, -0.1) is 0 Å². The average molecular weight is 225 g/mol. The molecule has 0 spiro atoms. The van der Waals surface area contributed by atoms with Crippen LogP contribution in [0.15, 0.2) is 18.5 Å². The van der Waals surface area contributed by atoms with Crippen molar-refractivity contribution in [3.8, 4) is 0 Å². The minimum atomic E-state index is 0.718. The molecule has 1 heterocycles. The summed E-state index contributed by atoms with van der Waals surface area (Å²) in [5.41, 5.74) is 0. The van der Waals surface area contributed by atoms with Gasteiger partial charge in [0, 0.05) is 30.2 Å². The second-order valence-corrected chi connectivity index (χ2v) is 5.11. The predicted octanol–water partition coefficient (Wildman–Crippen LogP) is 1.76. The predicted molar refractivity (Wildman–Crippen MR) is 65.2 cm³/mol. The molecule has 1 aliphatic carbocycles. The molecule has 4 heteroatoms. The molecule has 84 valence electrons. The van der Waals surface area contributed by atoms with Gasteiger partial charge in [0.15, 0.2) is 0 Å². The zero-order valence-electron chi connectivity index (χ0n) is 9.22. The molecule has 0 bridgehead atoms. The monoisotopic (exact) mass is 225 g/mol. The third-order valence-corrected chi connectivity index (χ3v) is 4.23. The van der Waals surface area contributed by atoms with E-state index in [0.29, 0.717) is 0 Å². The van der Waals surface area contributed by atoms with Gasteiger partial charge in [0.1, 0.15) is 0 Å². The molecule has 2 unspecified atom stereocenters. The van der Waals surface area contributed by atoms with Gasteiger partial charge in [-0.05, 0) is 25.2 Å². The number of hydrogen-bond acceptors (Lipinski definition) is 3. The molecule has 1 N–H and O–H groups in total. The van der Waals surface area contributed by atoms with Crippen molar-refractivity contribution in [3.63, 3.8) is 0 Å². The van der Waals surface area contributed by atoms with Gasteiger partial charge in [-0.1, -0.05) is 6.42 Å². The molecule has 1 fully saturated rings. The Morgan fingerprint density at radius 2 is 2.47 bits per heavy atom. The van der Waals surface area contributed by atoms with E-state index in [9.17, 15) is 0 Å². The molecule has 0 aromatic carbocycles. The number of nitrogens with one attached hydrogen (secondary N) is 1. The Kier molecular flexibility index (Phi) is 4.09. The molecule has 1 aromatic heterocycles. The van der Waals surface area contributed by atoms with Crippen molar-refractivity contribution < 1.29 is 0 Å². The van der Waals surface area contributed by atoms with Crippen LogP contribution in [0.2, 0.25) is 0 Å². The summed E-state index contributed by atoms with van der Waals surface area (Å²) in [6.07, 6.45) is 10.2. The first-order chi connectivity index (χ1) is 7.40. The van der Waals surface area contributed by atoms with Crippen molar-refractivity contribution >= 4 is 11.8 Å². The van der Waals surface area contributed by atoms with Crippen LogP contribution in [0, 0.1) is 0 Å². The highest BCUT2D eigenvalue weighted by molar-refractivity contribution is 7.99. The van der Waals surface area contributed by atoms with Crippen molar-refractivity contribution in [2.24, 2.45) is 0 Å². The molecule has 0 saturated heterocycles. The zero-order valence-corrected chi connectivity index (χ0v) is 10.0. The van der Waals surface area contributed by atoms with Crippen LogP contribution in [0.3, 0.4) is 0 Å². The molecule has 15 heavy (non-hydrogen) atoms. The first-order valence-corrected chi connectivity index (χ1v) is 6.92. The van der Waals surface area contributed by atoms with E-state index >= 15 is 0 Å². The van der Waals surface area contributed by atoms with E-state index in [-0.39, 0.29) is 0 Å². The Bertz CT molecular complexity index is 273. The lowest BCUT2D eigenvalue weighted by molar-refractivity contribution is 0.486. The second kappa shape index (κ2) is 5.56. The van der Waals surface area contributed by atoms with Crippen LogP contribution in [0.5, 0.6) is 0 Å². The first kappa shape index (κ1) is 11.0. The van der Waals surface area contributed by atoms with Gasteiger partial charge >= 0.3 is 0 Å². The minimum absolute atomic E-state index is 0.718. The molecular weight excluding hydrogens is 206 g/mol. The molecule has 1 saturated carbocycles. The van der Waals surface area contributed by atoms with E-state index in [1.807, 2.05) is 34.9 Å². The second-order valence-electron chi connectivity index (χ2n) is 4.03. The Morgan fingerprint density at radius 1 is 1.53 bits per heavy atom. The quantitative estimate of drug-likeness (QED) is 0.828. The van der Waals surface area contributed by atoms with Crippen molar-refractivity contribution in [1.29, 1.82) is 0 Å². The van der Waals surface area contributed by atoms with Crippen LogP contribution in [0.1, 0.15) is 19.3 Å². The zero-order chi connectivity index (χ0) is 10.5. The Balaban J connectivity index is 1.69. The summed E-state index contributed by atoms with van der Waals surface area (Å²) in [4.78, 5) is 0. The van der Waals surface area contributed by atoms with E-state index in [1.54, 1.807) is 0 Å². The maximum absolute atomic E-state index is 4.19. The van der Waals surface area contributed by atoms with Gasteiger partial charge in [0.05, 0.1) is 6.54 Å². The highest BCUT2D eigenvalue weighted by Gasteiger charge is 2.25. The fourth-order valence-corrected chi connectivity index (χ4v) is 3.20. The standard InChI is InChI=1S/C11H19N3S/c1-15-11-5-2-4-10(11)12-7-9-14-8-3-6-13-14/h3,6,8,10-12H,2,4-5,7,9H2,1H3. The summed E-state index contributed by atoms with van der Waals surface area (Å²) in [5, 5.41) is 8.65. The number of aromatic nitrogens is 2. The summed E-state index contributed by atoms with van der Waals surface area (Å²) in [6.45, 7) is 2.01. The molecule has 3 nitrogen and oxygen atoms in total. The third-order valence-electron chi connectivity index (χ3n) is 3.06. The highest BCUT2D eigenvalue weighted by Crippen LogP contribution is 2.28. The number of rotatable bonds is 5. The van der Waals surface area contributed by atoms with Crippen molar-refractivity contribution in [1.82, 2.24) is 15.1 Å². The molecular formula is C11H19N3S. The van der Waals surface area contributed by atoms with Gasteiger partial charge in [0.2, 0.25) is 0 Å². The van der Waals surface area contributed by atoms with Crippen LogP contribution in [-0.4, -0.2) is 33.9 Å². The van der Waals surface area contributed by atoms with Crippen LogP contribution in [0.4, 0.5) is 0 Å². The SMILES string of the molecule is CSC1CCCC1NCCn1cccn1. The normalized spacial score (nSPS) is 25.9. The molecule has 2 atom stereocenters. The van der Waals surface area contributed by atoms with Crippen molar-refractivity contribution in [2.45, 2.75) is 37.1 Å². The summed E-state index contributed by atoms with van der Waals surface area (Å²) in [6, 6.07) is 2.69. The largest absolute Gasteiger partial charge is 0.311 e. The molecule has 0 aliphatic heterocycles. The highest BCUT2D eigenvalue weighted by atomic mass is 32.2. The fraction of sp³-hybridized carbons (Fsp3) is 0.727. The molecule has 0 radical (unpaired) electrons. The van der Waals surface area contributed by atoms with E-state index in [2.05, 4.69) is 16.7 Å². The maximum atomic E-state index is 4.19. The molecule has 2 rings (SSSR count). The van der Waals surface area contributed by atoms with E-state index in [4.69, 9.17) is 0 Å². The van der Waals surface area contributed by atoms with Gasteiger partial charge in [-0.2, -0.15) is 16.9 Å². The van der Waals surface area contributed by atoms with Crippen molar-refractivity contribution in [3.05, 3.63) is 18.5 Å². The number of nitrogens with zero attached hydrogens (tertiary/aromatic N) is 2. The summed E-state index contributed by atoms with van der Waals surface area (Å²) in [5.74, 6) is 0. The molecule has 1 aliphatic rings. The van der Waals surface area contributed by atoms with Crippen molar-refractivity contribution in [2.75, 3.05) is 12.8 Å². The molecule has 0 amide bonds. The first-order valence-electron chi connectivity index (χ1n) is 5.64. The Labute approximate surface area is 95.6 Å². The Morgan fingerprint density at radius 3 is 3.20 bits per heavy atom. The molecule has 1 aromatic rings. The van der Waals surface area contributed by atoms with Crippen LogP contribution in [0.25, 0.3) is 0 Å². The van der Waals surface area contributed by atoms with Gasteiger partial charge in [-0.25, -0.2) is 0 Å².